The van der Waals surface area contributed by atoms with Crippen LogP contribution in [0.25, 0.3) is 0 Å². The SMILES string of the molecule is C=C(C)[C@@H](C)[C@H](C)C(=O)O. The van der Waals surface area contributed by atoms with Crippen LogP contribution in [0.15, 0.2) is 12.2 Å². The van der Waals surface area contributed by atoms with Crippen molar-refractivity contribution in [3.63, 3.8) is 0 Å². The summed E-state index contributed by atoms with van der Waals surface area (Å²) in [6.45, 7) is 9.12. The molecule has 0 heterocycles. The molecule has 10 heavy (non-hydrogen) atoms. The molecule has 0 fully saturated rings. The number of carbonyl (C=O) groups is 1. The summed E-state index contributed by atoms with van der Waals surface area (Å²) in [6, 6.07) is 0. The average molecular weight is 142 g/mol. The Morgan fingerprint density at radius 1 is 1.40 bits per heavy atom. The lowest BCUT2D eigenvalue weighted by molar-refractivity contribution is -0.142. The number of hydrogen-bond acceptors (Lipinski definition) is 1. The predicted molar refractivity (Wildman–Crippen MR) is 40.8 cm³/mol. The van der Waals surface area contributed by atoms with Gasteiger partial charge in [0.1, 0.15) is 0 Å². The summed E-state index contributed by atoms with van der Waals surface area (Å²) >= 11 is 0. The highest BCUT2D eigenvalue weighted by atomic mass is 16.4. The molecule has 0 saturated heterocycles. The minimum absolute atomic E-state index is 0.0671. The Morgan fingerprint density at radius 3 is 1.90 bits per heavy atom. The van der Waals surface area contributed by atoms with E-state index in [1.165, 1.54) is 0 Å². The molecule has 0 aliphatic carbocycles. The molecular weight excluding hydrogens is 128 g/mol. The van der Waals surface area contributed by atoms with Gasteiger partial charge in [0, 0.05) is 0 Å². The molecule has 0 amide bonds. The minimum atomic E-state index is -0.754. The number of carboxylic acid groups (broad SMARTS) is 1. The third kappa shape index (κ3) is 2.21. The number of rotatable bonds is 3. The Bertz CT molecular complexity index is 131. The van der Waals surface area contributed by atoms with Gasteiger partial charge in [-0.3, -0.25) is 4.79 Å². The third-order valence-corrected chi connectivity index (χ3v) is 1.92. The molecule has 1 N–H and O–H groups in total. The van der Waals surface area contributed by atoms with E-state index in [0.717, 1.165) is 5.57 Å². The van der Waals surface area contributed by atoms with Gasteiger partial charge in [0.2, 0.25) is 0 Å². The first-order valence-electron chi connectivity index (χ1n) is 3.35. The van der Waals surface area contributed by atoms with Gasteiger partial charge in [-0.15, -0.1) is 0 Å². The smallest absolute Gasteiger partial charge is 0.306 e. The molecule has 0 rings (SSSR count). The first-order chi connectivity index (χ1) is 4.46. The predicted octanol–water partition coefficient (Wildman–Crippen LogP) is 1.92. The van der Waals surface area contributed by atoms with Gasteiger partial charge in [0.25, 0.3) is 0 Å². The second kappa shape index (κ2) is 3.40. The van der Waals surface area contributed by atoms with Crippen molar-refractivity contribution in [1.82, 2.24) is 0 Å². The number of allylic oxidation sites excluding steroid dienone is 1. The molecule has 0 saturated carbocycles. The van der Waals surface area contributed by atoms with Crippen molar-refractivity contribution in [1.29, 1.82) is 0 Å². The monoisotopic (exact) mass is 142 g/mol. The van der Waals surface area contributed by atoms with Crippen LogP contribution < -0.4 is 0 Å². The molecule has 58 valence electrons. The number of hydrogen-bond donors (Lipinski definition) is 1. The lowest BCUT2D eigenvalue weighted by Gasteiger charge is -2.14. The van der Waals surface area contributed by atoms with Crippen LogP contribution >= 0.6 is 0 Å². The molecule has 0 aromatic rings. The third-order valence-electron chi connectivity index (χ3n) is 1.92. The maximum atomic E-state index is 10.4. The molecule has 2 nitrogen and oxygen atoms in total. The van der Waals surface area contributed by atoms with Crippen LogP contribution in [0.2, 0.25) is 0 Å². The molecule has 0 radical (unpaired) electrons. The zero-order valence-corrected chi connectivity index (χ0v) is 6.72. The quantitative estimate of drug-likeness (QED) is 0.611. The van der Waals surface area contributed by atoms with Crippen LogP contribution in [0, 0.1) is 11.8 Å². The summed E-state index contributed by atoms with van der Waals surface area (Å²) in [5, 5.41) is 8.56. The normalized spacial score (nSPS) is 15.9. The fraction of sp³-hybridized carbons (Fsp3) is 0.625. The summed E-state index contributed by atoms with van der Waals surface area (Å²) in [5.41, 5.74) is 0.926. The molecule has 0 unspecified atom stereocenters. The van der Waals surface area contributed by atoms with Crippen molar-refractivity contribution >= 4 is 5.97 Å². The Hall–Kier alpha value is -0.790. The molecule has 2 heteroatoms. The number of carboxylic acids is 1. The molecule has 0 spiro atoms. The molecule has 0 aromatic carbocycles. The van der Waals surface area contributed by atoms with Crippen LogP contribution in [0.1, 0.15) is 20.8 Å². The van der Waals surface area contributed by atoms with Gasteiger partial charge in [0.05, 0.1) is 5.92 Å². The fourth-order valence-corrected chi connectivity index (χ4v) is 0.641. The van der Waals surface area contributed by atoms with Crippen LogP contribution in [0.5, 0.6) is 0 Å². The van der Waals surface area contributed by atoms with Crippen molar-refractivity contribution < 1.29 is 9.90 Å². The zero-order chi connectivity index (χ0) is 8.31. The van der Waals surface area contributed by atoms with E-state index in [1.54, 1.807) is 6.92 Å². The second-order valence-electron chi connectivity index (χ2n) is 2.76. The molecule has 0 aliphatic rings. The van der Waals surface area contributed by atoms with Gasteiger partial charge in [-0.1, -0.05) is 26.0 Å². The highest BCUT2D eigenvalue weighted by Gasteiger charge is 2.18. The zero-order valence-electron chi connectivity index (χ0n) is 6.72. The van der Waals surface area contributed by atoms with Crippen molar-refractivity contribution in [2.24, 2.45) is 11.8 Å². The van der Waals surface area contributed by atoms with Crippen molar-refractivity contribution in [2.45, 2.75) is 20.8 Å². The highest BCUT2D eigenvalue weighted by Crippen LogP contribution is 2.17. The molecule has 2 atom stereocenters. The molecular formula is C8H14O2. The van der Waals surface area contributed by atoms with Crippen molar-refractivity contribution in [2.75, 3.05) is 0 Å². The van der Waals surface area contributed by atoms with Gasteiger partial charge >= 0.3 is 5.97 Å². The van der Waals surface area contributed by atoms with E-state index >= 15 is 0 Å². The summed E-state index contributed by atoms with van der Waals surface area (Å²) in [5.74, 6) is -1.01. The van der Waals surface area contributed by atoms with Crippen molar-refractivity contribution in [3.8, 4) is 0 Å². The molecule has 0 aromatic heterocycles. The minimum Gasteiger partial charge on any atom is -0.481 e. The van der Waals surface area contributed by atoms with Crippen LogP contribution in [-0.4, -0.2) is 11.1 Å². The maximum Gasteiger partial charge on any atom is 0.306 e. The van der Waals surface area contributed by atoms with Crippen molar-refractivity contribution in [3.05, 3.63) is 12.2 Å². The lowest BCUT2D eigenvalue weighted by Crippen LogP contribution is -2.18. The van der Waals surface area contributed by atoms with Gasteiger partial charge in [-0.05, 0) is 12.8 Å². The molecule has 0 bridgehead atoms. The van der Waals surface area contributed by atoms with E-state index in [-0.39, 0.29) is 11.8 Å². The fourth-order valence-electron chi connectivity index (χ4n) is 0.641. The van der Waals surface area contributed by atoms with E-state index in [0.29, 0.717) is 0 Å². The van der Waals surface area contributed by atoms with E-state index in [2.05, 4.69) is 6.58 Å². The average Bonchev–Trinajstić information content (AvgIpc) is 1.84. The van der Waals surface area contributed by atoms with Crippen LogP contribution in [0.4, 0.5) is 0 Å². The molecule has 0 aliphatic heterocycles. The highest BCUT2D eigenvalue weighted by molar-refractivity contribution is 5.70. The Kier molecular flexibility index (Phi) is 3.13. The Balaban J connectivity index is 4.07. The second-order valence-corrected chi connectivity index (χ2v) is 2.76. The lowest BCUT2D eigenvalue weighted by atomic mass is 9.91. The van der Waals surface area contributed by atoms with Gasteiger partial charge < -0.3 is 5.11 Å². The summed E-state index contributed by atoms with van der Waals surface area (Å²) in [7, 11) is 0. The van der Waals surface area contributed by atoms with E-state index in [9.17, 15) is 4.79 Å². The van der Waals surface area contributed by atoms with Crippen LogP contribution in [0.3, 0.4) is 0 Å². The van der Waals surface area contributed by atoms with Gasteiger partial charge in [-0.2, -0.15) is 0 Å². The van der Waals surface area contributed by atoms with Gasteiger partial charge in [-0.25, -0.2) is 0 Å². The largest absolute Gasteiger partial charge is 0.481 e. The van der Waals surface area contributed by atoms with Crippen LogP contribution in [-0.2, 0) is 4.79 Å². The number of aliphatic carboxylic acids is 1. The standard InChI is InChI=1S/C8H14O2/c1-5(2)6(3)7(4)8(9)10/h6-7H,1H2,2-4H3,(H,9,10)/t6-,7+/m1/s1. The van der Waals surface area contributed by atoms with E-state index in [4.69, 9.17) is 5.11 Å². The summed E-state index contributed by atoms with van der Waals surface area (Å²) in [4.78, 5) is 10.4. The maximum absolute atomic E-state index is 10.4. The summed E-state index contributed by atoms with van der Waals surface area (Å²) < 4.78 is 0. The Morgan fingerprint density at radius 2 is 1.80 bits per heavy atom. The Labute approximate surface area is 61.6 Å². The van der Waals surface area contributed by atoms with E-state index < -0.39 is 5.97 Å². The van der Waals surface area contributed by atoms with Gasteiger partial charge in [0.15, 0.2) is 0 Å². The first-order valence-corrected chi connectivity index (χ1v) is 3.35. The summed E-state index contributed by atoms with van der Waals surface area (Å²) in [6.07, 6.45) is 0. The topological polar surface area (TPSA) is 37.3 Å². The van der Waals surface area contributed by atoms with E-state index in [1.807, 2.05) is 13.8 Å². The first kappa shape index (κ1) is 9.21.